The average molecular weight is 1990 g/mol. The first kappa shape index (κ1) is 80.2. The second-order valence-electron chi connectivity index (χ2n) is 31.2. The van der Waals surface area contributed by atoms with E-state index < -0.39 is 0 Å². The Hall–Kier alpha value is -14.7. The van der Waals surface area contributed by atoms with Crippen LogP contribution in [0.15, 0.2) is 430 Å². The predicted octanol–water partition coefficient (Wildman–Crippen LogP) is 31.3. The molecule has 0 aliphatic heterocycles. The van der Waals surface area contributed by atoms with Crippen LogP contribution in [0.1, 0.15) is 0 Å². The highest BCUT2D eigenvalue weighted by atomic mass is 79.9. The fourth-order valence-corrected chi connectivity index (χ4v) is 19.4. The zero-order valence-corrected chi connectivity index (χ0v) is 76.3. The van der Waals surface area contributed by atoms with Crippen LogP contribution in [-0.2, 0) is 0 Å². The van der Waals surface area contributed by atoms with Gasteiger partial charge in [0, 0.05) is 118 Å². The van der Waals surface area contributed by atoms with Crippen LogP contribution in [0.5, 0.6) is 17.4 Å². The third kappa shape index (κ3) is 15.3. The molecule has 14 nitrogen and oxygen atoms in total. The predicted molar refractivity (Wildman–Crippen MR) is 548 cm³/mol. The van der Waals surface area contributed by atoms with Gasteiger partial charge in [0.05, 0.1) is 83.1 Å². The molecule has 15 heterocycles. The van der Waals surface area contributed by atoms with Gasteiger partial charge < -0.3 is 28.0 Å². The first-order valence-electron chi connectivity index (χ1n) is 41.8. The Bertz CT molecular complexity index is 8820. The number of H-pyrrole nitrogens is 1. The van der Waals surface area contributed by atoms with Crippen LogP contribution in [0.25, 0.3) is 192 Å². The summed E-state index contributed by atoms with van der Waals surface area (Å²) in [6, 6.07) is 126. The van der Waals surface area contributed by atoms with Gasteiger partial charge in [-0.1, -0.05) is 152 Å². The van der Waals surface area contributed by atoms with Gasteiger partial charge in [0.2, 0.25) is 5.88 Å². The molecule has 15 aromatic heterocycles. The van der Waals surface area contributed by atoms with Gasteiger partial charge in [-0.2, -0.15) is 0 Å². The Morgan fingerprint density at radius 1 is 0.264 bits per heavy atom. The van der Waals surface area contributed by atoms with Gasteiger partial charge in [0.25, 0.3) is 0 Å². The molecule has 2 N–H and O–H groups in total. The van der Waals surface area contributed by atoms with Crippen LogP contribution in [-0.4, -0.2) is 62.3 Å². The molecular weight excluding hydrogens is 1920 g/mol. The highest BCUT2D eigenvalue weighted by Crippen LogP contribution is 2.41. The van der Waals surface area contributed by atoms with E-state index in [-0.39, 0.29) is 5.75 Å². The van der Waals surface area contributed by atoms with E-state index in [9.17, 15) is 5.11 Å². The molecule has 0 aliphatic rings. The number of aromatic hydroxyl groups is 1. The average Bonchev–Trinajstić information content (AvgIpc) is 1.76. The van der Waals surface area contributed by atoms with Crippen molar-refractivity contribution in [2.45, 2.75) is 0 Å². The van der Waals surface area contributed by atoms with Gasteiger partial charge in [0.1, 0.15) is 36.9 Å². The maximum atomic E-state index is 9.79. The van der Waals surface area contributed by atoms with Crippen molar-refractivity contribution in [3.05, 3.63) is 430 Å². The zero-order valence-electron chi connectivity index (χ0n) is 68.3. The minimum Gasteiger partial charge on any atom is -0.508 e. The lowest BCUT2D eigenvalue weighted by Crippen LogP contribution is -1.97. The van der Waals surface area contributed by atoms with Crippen molar-refractivity contribution >= 4 is 248 Å². The SMILES string of the molecule is Brc1cc2ccccc2cc1Br.Brc1ccc2c3cc4ccccc4cc3n3cccc3c2n1.Brc1ccc2c3cc4ccccc4cc3n3cccc3c2n1.Brc1cccc(-c2ccc[nH]2)n1.Oc1ccc2c3ccccc3n(-c3ccccn3)c2c1.c1ccc(-n2c3ccccc3c3ccc(Oc4ccc5c6cc7ccccc7cc6n6cccc6c5n4)cc32)nc1. The number of hydrogen-bond acceptors (Lipinski definition) is 8. The van der Waals surface area contributed by atoms with Crippen molar-refractivity contribution in [3.8, 4) is 40.4 Å². The summed E-state index contributed by atoms with van der Waals surface area (Å²) < 4.78 is 22.1. The van der Waals surface area contributed by atoms with Crippen LogP contribution in [0.4, 0.5) is 0 Å². The first-order valence-corrected chi connectivity index (χ1v) is 45.7. The Kier molecular flexibility index (Phi) is 21.3. The number of nitrogens with zero attached hydrogens (tertiary/aromatic N) is 11. The molecule has 0 fully saturated rings. The Morgan fingerprint density at radius 2 is 0.651 bits per heavy atom. The van der Waals surface area contributed by atoms with E-state index in [0.717, 1.165) is 128 Å². The second kappa shape index (κ2) is 34.2. The number of pyridine rings is 9. The number of halogens is 5. The molecule has 0 saturated heterocycles. The summed E-state index contributed by atoms with van der Waals surface area (Å²) in [7, 11) is 0. The van der Waals surface area contributed by atoms with Crippen LogP contribution < -0.4 is 4.74 Å². The molecule has 0 radical (unpaired) electrons. The zero-order chi connectivity index (χ0) is 86.7. The number of nitrogens with one attached hydrogen (secondary N) is 1. The van der Waals surface area contributed by atoms with Gasteiger partial charge in [-0.15, -0.1) is 0 Å². The third-order valence-corrected chi connectivity index (χ3v) is 26.6. The number of aromatic nitrogens is 12. The molecular formula is C110H69Br5N12O2. The van der Waals surface area contributed by atoms with Gasteiger partial charge in [0.15, 0.2) is 0 Å². The highest BCUT2D eigenvalue weighted by molar-refractivity contribution is 9.13. The molecule has 0 bridgehead atoms. The minimum absolute atomic E-state index is 0.262. The monoisotopic (exact) mass is 1980 g/mol. The molecule has 0 spiro atoms. The standard InChI is InChI=1S/C36H22N4O.2C19H11BrN2.C17H12N2O.C10H6Br2.C9H7BrN2/c1-2-9-24-21-32-29(20-23(24)8-1)28-16-17-35(38-36(28)31-12-7-19-39(31)32)41-25-14-15-27-26-10-3-4-11-30(26)40(33(27)22-25)34-13-5-6-18-37-34;2*20-18-8-7-14-15-10-12-4-1-2-5-13(12)11-17(15)22-9-3-6-16(22)19(14)21-18;20-12-8-9-14-13-5-1-2-6-15(13)19(16(14)11-12)17-7-3-4-10-18-17;11-9-5-7-3-1-2-4-8(7)6-10(9)12;10-9-5-1-3-8(12-9)7-4-2-6-11-7/h1-22H;2*1-11H;1-11,20H;1-6H;1-6,11H. The van der Waals surface area contributed by atoms with Crippen molar-refractivity contribution in [1.29, 1.82) is 0 Å². The van der Waals surface area contributed by atoms with E-state index in [4.69, 9.17) is 19.7 Å². The maximum Gasteiger partial charge on any atom is 0.219 e. The third-order valence-electron chi connectivity index (χ3n) is 23.5. The molecule has 129 heavy (non-hydrogen) atoms. The van der Waals surface area contributed by atoms with Crippen molar-refractivity contribution in [2.24, 2.45) is 0 Å². The second-order valence-corrected chi connectivity index (χ2v) is 35.3. The van der Waals surface area contributed by atoms with Crippen molar-refractivity contribution < 1.29 is 9.84 Å². The Labute approximate surface area is 778 Å². The van der Waals surface area contributed by atoms with E-state index in [0.29, 0.717) is 5.88 Å². The molecule has 0 amide bonds. The van der Waals surface area contributed by atoms with Gasteiger partial charge in [-0.3, -0.25) is 9.13 Å². The molecule has 616 valence electrons. The number of phenols is 1. The fraction of sp³-hybridized carbons (Fsp3) is 0. The van der Waals surface area contributed by atoms with Gasteiger partial charge in [-0.25, -0.2) is 29.9 Å². The van der Waals surface area contributed by atoms with E-state index in [1.807, 2.05) is 134 Å². The smallest absolute Gasteiger partial charge is 0.219 e. The lowest BCUT2D eigenvalue weighted by atomic mass is 10.0. The van der Waals surface area contributed by atoms with E-state index in [1.54, 1.807) is 18.3 Å². The number of hydrogen-bond donors (Lipinski definition) is 2. The van der Waals surface area contributed by atoms with E-state index in [2.05, 4.69) is 377 Å². The summed E-state index contributed by atoms with van der Waals surface area (Å²) in [5, 5.41) is 31.5. The van der Waals surface area contributed by atoms with Gasteiger partial charge in [-0.05, 0) is 323 Å². The van der Waals surface area contributed by atoms with E-state index in [1.165, 1.54) is 92.0 Å². The molecule has 12 aromatic carbocycles. The number of aromatic amines is 1. The first-order chi connectivity index (χ1) is 63.4. The molecule has 27 rings (SSSR count). The largest absolute Gasteiger partial charge is 0.508 e. The van der Waals surface area contributed by atoms with Crippen LogP contribution in [0.2, 0.25) is 0 Å². The molecule has 27 aromatic rings. The lowest BCUT2D eigenvalue weighted by molar-refractivity contribution is 0.466. The quantitative estimate of drug-likeness (QED) is 0.0984. The lowest BCUT2D eigenvalue weighted by Gasteiger charge is -2.12. The van der Waals surface area contributed by atoms with Crippen LogP contribution in [0.3, 0.4) is 0 Å². The molecule has 0 unspecified atom stereocenters. The van der Waals surface area contributed by atoms with E-state index >= 15 is 0 Å². The number of phenolic OH excluding ortho intramolecular Hbond substituents is 1. The van der Waals surface area contributed by atoms with Crippen molar-refractivity contribution in [2.75, 3.05) is 0 Å². The number of benzene rings is 12. The summed E-state index contributed by atoms with van der Waals surface area (Å²) in [6.07, 6.45) is 11.8. The van der Waals surface area contributed by atoms with Gasteiger partial charge >= 0.3 is 0 Å². The molecule has 0 saturated carbocycles. The van der Waals surface area contributed by atoms with Crippen LogP contribution in [0, 0.1) is 0 Å². The highest BCUT2D eigenvalue weighted by Gasteiger charge is 2.20. The fourth-order valence-electron chi connectivity index (χ4n) is 17.7. The summed E-state index contributed by atoms with van der Waals surface area (Å²) >= 11 is 17.2. The number of para-hydroxylation sites is 2. The van der Waals surface area contributed by atoms with Crippen LogP contribution >= 0.6 is 79.6 Å². The minimum atomic E-state index is 0.262. The number of ether oxygens (including phenoxy) is 1. The molecule has 0 atom stereocenters. The molecule has 19 heteroatoms. The van der Waals surface area contributed by atoms with Crippen molar-refractivity contribution in [3.63, 3.8) is 0 Å². The summed E-state index contributed by atoms with van der Waals surface area (Å²) in [4.78, 5) is 30.9. The summed E-state index contributed by atoms with van der Waals surface area (Å²) in [6.45, 7) is 0. The normalized spacial score (nSPS) is 11.5. The maximum absolute atomic E-state index is 9.79. The topological polar surface area (TPSA) is 146 Å². The molecule has 0 aliphatic carbocycles. The Balaban J connectivity index is 0.0000000963. The van der Waals surface area contributed by atoms with Crippen molar-refractivity contribution in [1.82, 2.24) is 57.2 Å². The number of fused-ring (bicyclic) bond motifs is 28. The Morgan fingerprint density at radius 3 is 1.10 bits per heavy atom. The summed E-state index contributed by atoms with van der Waals surface area (Å²) in [5.74, 6) is 3.26. The summed E-state index contributed by atoms with van der Waals surface area (Å²) in [5.41, 5.74) is 16.1. The number of rotatable bonds is 5.